The second-order valence-corrected chi connectivity index (χ2v) is 0.874. The Morgan fingerprint density at radius 1 is 1.40 bits per heavy atom. The minimum absolute atomic E-state index is 0. The molecule has 0 rings (SSSR count). The molecule has 0 aromatic rings. The second kappa shape index (κ2) is 4.43. The summed E-state index contributed by atoms with van der Waals surface area (Å²) in [6, 6.07) is 0. The van der Waals surface area contributed by atoms with Crippen LogP contribution < -0.4 is 11.5 Å². The van der Waals surface area contributed by atoms with Crippen LogP contribution in [0.2, 0.25) is 0 Å². The van der Waals surface area contributed by atoms with Gasteiger partial charge in [0.15, 0.2) is 5.11 Å². The maximum Gasteiger partial charge on any atom is 0.160 e. The predicted molar refractivity (Wildman–Crippen MR) is 21.0 cm³/mol. The average molecular weight is 184 g/mol. The van der Waals surface area contributed by atoms with Crippen LogP contribution in [0.25, 0.3) is 0 Å². The Bertz CT molecular complexity index is 32.6. The molecule has 0 aliphatic rings. The van der Waals surface area contributed by atoms with Gasteiger partial charge in [-0.15, -0.1) is 0 Å². The smallest absolute Gasteiger partial charge is 0.160 e. The van der Waals surface area contributed by atoms with Crippen molar-refractivity contribution in [2.45, 2.75) is 0 Å². The molecule has 0 amide bonds. The Balaban J connectivity index is 0. The van der Waals surface area contributed by atoms with Gasteiger partial charge in [-0.05, 0) is 12.2 Å². The number of hydrogen-bond acceptors (Lipinski definition) is 1. The maximum atomic E-state index is 4.62. The summed E-state index contributed by atoms with van der Waals surface area (Å²) in [5.41, 5.74) is 9.24. The molecular formula is CH4AgN2S. The molecule has 0 saturated heterocycles. The summed E-state index contributed by atoms with van der Waals surface area (Å²) in [7, 11) is 0. The number of hydrogen-bond donors (Lipinski definition) is 2. The van der Waals surface area contributed by atoms with Gasteiger partial charge in [0.25, 0.3) is 0 Å². The van der Waals surface area contributed by atoms with E-state index in [1.165, 1.54) is 0 Å². The van der Waals surface area contributed by atoms with Crippen LogP contribution >= 0.6 is 12.2 Å². The maximum absolute atomic E-state index is 4.62. The number of nitrogens with two attached hydrogens (primary N) is 2. The monoisotopic (exact) mass is 183 g/mol. The molecule has 0 fully saturated rings. The molecule has 2 nitrogen and oxygen atoms in total. The van der Waals surface area contributed by atoms with Gasteiger partial charge < -0.3 is 11.5 Å². The van der Waals surface area contributed by atoms with Gasteiger partial charge in [0.1, 0.15) is 0 Å². The molecule has 4 heteroatoms. The van der Waals surface area contributed by atoms with Crippen molar-refractivity contribution >= 4 is 17.3 Å². The molecule has 0 bridgehead atoms. The van der Waals surface area contributed by atoms with Crippen LogP contribution in [0, 0.1) is 0 Å². The summed E-state index contributed by atoms with van der Waals surface area (Å²) in [5, 5.41) is 0.000000000000000222. The molecule has 0 saturated carbocycles. The Morgan fingerprint density at radius 2 is 1.40 bits per heavy atom. The van der Waals surface area contributed by atoms with E-state index in [9.17, 15) is 0 Å². The molecule has 0 aliphatic heterocycles. The van der Waals surface area contributed by atoms with E-state index in [1.54, 1.807) is 0 Å². The third-order valence-electron chi connectivity index (χ3n) is 0. The topological polar surface area (TPSA) is 52.0 Å². The first kappa shape index (κ1) is 9.06. The summed E-state index contributed by atoms with van der Waals surface area (Å²) in [5.74, 6) is 0. The van der Waals surface area contributed by atoms with E-state index in [4.69, 9.17) is 0 Å². The summed E-state index contributed by atoms with van der Waals surface area (Å²) >= 11 is 4.09. The zero-order chi connectivity index (χ0) is 3.58. The van der Waals surface area contributed by atoms with Gasteiger partial charge in [0.05, 0.1) is 0 Å². The molecule has 1 radical (unpaired) electrons. The van der Waals surface area contributed by atoms with Crippen molar-refractivity contribution in [3.05, 3.63) is 0 Å². The van der Waals surface area contributed by atoms with Crippen molar-refractivity contribution in [1.29, 1.82) is 0 Å². The van der Waals surface area contributed by atoms with E-state index < -0.39 is 0 Å². The third-order valence-corrected chi connectivity index (χ3v) is 0. The quantitative estimate of drug-likeness (QED) is 0.382. The second-order valence-electron chi connectivity index (χ2n) is 0.402. The molecule has 4 N–H and O–H groups in total. The van der Waals surface area contributed by atoms with E-state index in [0.29, 0.717) is 0 Å². The number of thiocarbonyl (C=S) groups is 1. The van der Waals surface area contributed by atoms with Crippen LogP contribution in [0.3, 0.4) is 0 Å². The molecular weight excluding hydrogens is 180 g/mol. The van der Waals surface area contributed by atoms with Crippen molar-refractivity contribution in [1.82, 2.24) is 0 Å². The minimum atomic E-state index is 0. The van der Waals surface area contributed by atoms with Crippen LogP contribution in [0.15, 0.2) is 0 Å². The number of rotatable bonds is 0. The van der Waals surface area contributed by atoms with Gasteiger partial charge in [-0.2, -0.15) is 0 Å². The van der Waals surface area contributed by atoms with E-state index in [-0.39, 0.29) is 27.5 Å². The van der Waals surface area contributed by atoms with E-state index in [0.717, 1.165) is 0 Å². The third kappa shape index (κ3) is 141. The van der Waals surface area contributed by atoms with Gasteiger partial charge in [-0.25, -0.2) is 0 Å². The largest absolute Gasteiger partial charge is 0.377 e. The fraction of sp³-hybridized carbons (Fsp3) is 0. The molecule has 0 spiro atoms. The van der Waals surface area contributed by atoms with Gasteiger partial charge in [-0.3, -0.25) is 0 Å². The van der Waals surface area contributed by atoms with Crippen molar-refractivity contribution < 1.29 is 22.4 Å². The van der Waals surface area contributed by atoms with Gasteiger partial charge in [-0.1, -0.05) is 0 Å². The molecule has 0 heterocycles. The van der Waals surface area contributed by atoms with E-state index in [1.807, 2.05) is 0 Å². The summed E-state index contributed by atoms with van der Waals surface area (Å²) in [6.07, 6.45) is 0. The average Bonchev–Trinajstić information content (AvgIpc) is 0.811. The Kier molecular flexibility index (Phi) is 8.03. The molecule has 0 atom stereocenters. The summed E-state index contributed by atoms with van der Waals surface area (Å²) in [6.45, 7) is 0. The zero-order valence-corrected chi connectivity index (χ0v) is 4.66. The standard InChI is InChI=1S/CH4N2S.Ag/c2-1(3)4;/h(H4,2,3,4);. The van der Waals surface area contributed by atoms with Crippen LogP contribution in [0.4, 0.5) is 0 Å². The predicted octanol–water partition coefficient (Wildman–Crippen LogP) is -0.814. The molecule has 0 aromatic carbocycles. The summed E-state index contributed by atoms with van der Waals surface area (Å²) < 4.78 is 0. The Hall–Kier alpha value is 0.430. The van der Waals surface area contributed by atoms with Crippen molar-refractivity contribution in [3.63, 3.8) is 0 Å². The van der Waals surface area contributed by atoms with Gasteiger partial charge in [0, 0.05) is 22.4 Å². The Labute approximate surface area is 51.4 Å². The molecule has 5 heavy (non-hydrogen) atoms. The van der Waals surface area contributed by atoms with E-state index in [2.05, 4.69) is 23.7 Å². The summed E-state index contributed by atoms with van der Waals surface area (Å²) in [4.78, 5) is 0. The van der Waals surface area contributed by atoms with Crippen molar-refractivity contribution in [2.75, 3.05) is 0 Å². The first-order valence-electron chi connectivity index (χ1n) is 0.781. The normalized spacial score (nSPS) is 4.80. The minimum Gasteiger partial charge on any atom is -0.377 e. The first-order chi connectivity index (χ1) is 1.73. The van der Waals surface area contributed by atoms with Crippen LogP contribution in [0.5, 0.6) is 0 Å². The molecule has 35 valence electrons. The van der Waals surface area contributed by atoms with Crippen LogP contribution in [0.1, 0.15) is 0 Å². The van der Waals surface area contributed by atoms with E-state index >= 15 is 0 Å². The van der Waals surface area contributed by atoms with Crippen LogP contribution in [-0.2, 0) is 22.4 Å². The van der Waals surface area contributed by atoms with Gasteiger partial charge in [0.2, 0.25) is 0 Å². The fourth-order valence-electron chi connectivity index (χ4n) is 0. The molecule has 0 unspecified atom stereocenters. The SMILES string of the molecule is NC(N)=S.[Ag]. The molecule has 0 aliphatic carbocycles. The zero-order valence-electron chi connectivity index (χ0n) is 2.36. The van der Waals surface area contributed by atoms with Crippen molar-refractivity contribution in [3.8, 4) is 0 Å². The molecule has 0 aromatic heterocycles. The first-order valence-corrected chi connectivity index (χ1v) is 1.19. The van der Waals surface area contributed by atoms with Crippen LogP contribution in [-0.4, -0.2) is 5.11 Å². The van der Waals surface area contributed by atoms with Crippen molar-refractivity contribution in [2.24, 2.45) is 11.5 Å². The Morgan fingerprint density at radius 3 is 1.40 bits per heavy atom. The fourth-order valence-corrected chi connectivity index (χ4v) is 0. The van der Waals surface area contributed by atoms with Gasteiger partial charge >= 0.3 is 0 Å².